The summed E-state index contributed by atoms with van der Waals surface area (Å²) in [5, 5.41) is 3.12. The first-order valence-electron chi connectivity index (χ1n) is 22.9. The molecule has 1 unspecified atom stereocenters. The molecule has 0 spiro atoms. The molecule has 0 radical (unpaired) electrons. The van der Waals surface area contributed by atoms with Crippen LogP contribution in [0, 0.1) is 5.92 Å². The smallest absolute Gasteiger partial charge is 0.222 e. The highest BCUT2D eigenvalue weighted by Crippen LogP contribution is 2.17. The van der Waals surface area contributed by atoms with E-state index in [9.17, 15) is 4.79 Å². The van der Waals surface area contributed by atoms with E-state index >= 15 is 0 Å². The summed E-state index contributed by atoms with van der Waals surface area (Å²) in [4.78, 5) is 12.7. The van der Waals surface area contributed by atoms with Crippen molar-refractivity contribution in [3.63, 3.8) is 0 Å². The fourth-order valence-corrected chi connectivity index (χ4v) is 6.82. The molecule has 0 aliphatic heterocycles. The highest BCUT2D eigenvalue weighted by molar-refractivity contribution is 5.76. The first-order chi connectivity index (χ1) is 24.8. The Labute approximate surface area is 320 Å². The van der Waals surface area contributed by atoms with Crippen molar-refractivity contribution in [2.24, 2.45) is 5.92 Å². The van der Waals surface area contributed by atoms with Crippen LogP contribution < -0.4 is 5.32 Å². The van der Waals surface area contributed by atoms with Gasteiger partial charge in [-0.05, 0) is 45.4 Å². The van der Waals surface area contributed by atoms with Gasteiger partial charge in [0.05, 0.1) is 24.7 Å². The lowest BCUT2D eigenvalue weighted by Crippen LogP contribution is -2.36. The summed E-state index contributed by atoms with van der Waals surface area (Å²) in [6.45, 7) is 16.5. The van der Waals surface area contributed by atoms with Gasteiger partial charge in [-0.2, -0.15) is 0 Å². The van der Waals surface area contributed by atoms with Crippen molar-refractivity contribution < 1.29 is 19.0 Å². The van der Waals surface area contributed by atoms with E-state index in [2.05, 4.69) is 33.0 Å². The average molecular weight is 724 g/mol. The van der Waals surface area contributed by atoms with E-state index in [1.54, 1.807) is 0 Å². The molecule has 0 aromatic rings. The van der Waals surface area contributed by atoms with Crippen LogP contribution in [0.4, 0.5) is 0 Å². The number of carbonyl (C=O) groups is 1. The second kappa shape index (κ2) is 39.1. The molecule has 0 saturated heterocycles. The number of nitrogens with one attached hydrogen (secondary N) is 1. The molecule has 0 aliphatic carbocycles. The quantitative estimate of drug-likeness (QED) is 0.0637. The molecule has 0 aliphatic rings. The average Bonchev–Trinajstić information content (AvgIpc) is 3.08. The fourth-order valence-electron chi connectivity index (χ4n) is 6.82. The Bertz CT molecular complexity index is 697. The molecule has 0 bridgehead atoms. The Morgan fingerprint density at radius 3 is 1.33 bits per heavy atom. The van der Waals surface area contributed by atoms with Crippen LogP contribution in [-0.4, -0.2) is 50.6 Å². The van der Waals surface area contributed by atoms with E-state index in [1.165, 1.54) is 167 Å². The third-order valence-electron chi connectivity index (χ3n) is 10.4. The van der Waals surface area contributed by atoms with Crippen molar-refractivity contribution in [1.82, 2.24) is 5.32 Å². The summed E-state index contributed by atoms with van der Waals surface area (Å²) in [7, 11) is 0. The molecule has 0 saturated carbocycles. The number of hydrogen-bond donors (Lipinski definition) is 1. The molecular weight excluding hydrogens is 631 g/mol. The fraction of sp³-hybridized carbons (Fsp3) is 0.978. The molecule has 5 nitrogen and oxygen atoms in total. The van der Waals surface area contributed by atoms with Gasteiger partial charge < -0.3 is 19.5 Å². The highest BCUT2D eigenvalue weighted by atomic mass is 16.5. The minimum atomic E-state index is -0.445. The van der Waals surface area contributed by atoms with Gasteiger partial charge in [-0.15, -0.1) is 0 Å². The lowest BCUT2D eigenvalue weighted by Gasteiger charge is -2.25. The van der Waals surface area contributed by atoms with Crippen LogP contribution in [0.15, 0.2) is 0 Å². The van der Waals surface area contributed by atoms with Crippen molar-refractivity contribution in [3.8, 4) is 0 Å². The van der Waals surface area contributed by atoms with Crippen molar-refractivity contribution in [3.05, 3.63) is 0 Å². The van der Waals surface area contributed by atoms with Crippen molar-refractivity contribution >= 4 is 5.91 Å². The SMILES string of the molecule is CCCCCCCCCCCCCCCCOCC(CCNC(=O)CC(C)(C)OCCC(C)C)OCCCCCCCCCCCCCCCC. The predicted molar refractivity (Wildman–Crippen MR) is 223 cm³/mol. The van der Waals surface area contributed by atoms with E-state index in [-0.39, 0.29) is 12.0 Å². The van der Waals surface area contributed by atoms with Crippen LogP contribution in [-0.2, 0) is 19.0 Å². The van der Waals surface area contributed by atoms with Crippen LogP contribution >= 0.6 is 0 Å². The minimum Gasteiger partial charge on any atom is -0.379 e. The molecule has 5 heteroatoms. The summed E-state index contributed by atoms with van der Waals surface area (Å²) in [6.07, 6.45) is 40.5. The van der Waals surface area contributed by atoms with Gasteiger partial charge in [-0.3, -0.25) is 4.79 Å². The summed E-state index contributed by atoms with van der Waals surface area (Å²) < 4.78 is 18.5. The van der Waals surface area contributed by atoms with Crippen LogP contribution in [0.1, 0.15) is 241 Å². The molecular formula is C46H93NO4. The summed E-state index contributed by atoms with van der Waals surface area (Å²) in [5.41, 5.74) is -0.445. The van der Waals surface area contributed by atoms with Crippen molar-refractivity contribution in [2.45, 2.75) is 252 Å². The van der Waals surface area contributed by atoms with E-state index in [1.807, 2.05) is 13.8 Å². The van der Waals surface area contributed by atoms with Gasteiger partial charge in [0.1, 0.15) is 0 Å². The Morgan fingerprint density at radius 1 is 0.529 bits per heavy atom. The Kier molecular flexibility index (Phi) is 38.6. The molecule has 0 heterocycles. The van der Waals surface area contributed by atoms with E-state index in [0.717, 1.165) is 38.9 Å². The third kappa shape index (κ3) is 40.4. The molecule has 1 N–H and O–H groups in total. The van der Waals surface area contributed by atoms with Crippen LogP contribution in [0.25, 0.3) is 0 Å². The van der Waals surface area contributed by atoms with E-state index < -0.39 is 5.60 Å². The van der Waals surface area contributed by atoms with Crippen LogP contribution in [0.2, 0.25) is 0 Å². The minimum absolute atomic E-state index is 0.0363. The molecule has 1 atom stereocenters. The lowest BCUT2D eigenvalue weighted by atomic mass is 10.0. The molecule has 0 aromatic carbocycles. The van der Waals surface area contributed by atoms with Crippen molar-refractivity contribution in [2.75, 3.05) is 33.0 Å². The zero-order valence-electron chi connectivity index (χ0n) is 35.7. The predicted octanol–water partition coefficient (Wildman–Crippen LogP) is 14.1. The highest BCUT2D eigenvalue weighted by Gasteiger charge is 2.23. The standard InChI is InChI=1S/C46H93NO4/c1-7-9-11-13-15-17-19-21-23-25-27-29-31-33-38-49-42-44(35-37-47-45(48)41-46(5,6)51-40-36-43(3)4)50-39-34-32-30-28-26-24-22-20-18-16-14-12-10-8-2/h43-44H,7-42H2,1-6H3,(H,47,48). The number of carbonyl (C=O) groups excluding carboxylic acids is 1. The van der Waals surface area contributed by atoms with Gasteiger partial charge in [-0.25, -0.2) is 0 Å². The van der Waals surface area contributed by atoms with Gasteiger partial charge in [-0.1, -0.05) is 195 Å². The van der Waals surface area contributed by atoms with Gasteiger partial charge in [0, 0.05) is 26.4 Å². The van der Waals surface area contributed by atoms with Crippen LogP contribution in [0.5, 0.6) is 0 Å². The second-order valence-electron chi connectivity index (χ2n) is 16.9. The molecule has 0 fully saturated rings. The lowest BCUT2D eigenvalue weighted by molar-refractivity contribution is -0.127. The topological polar surface area (TPSA) is 56.8 Å². The summed E-state index contributed by atoms with van der Waals surface area (Å²) >= 11 is 0. The third-order valence-corrected chi connectivity index (χ3v) is 10.4. The largest absolute Gasteiger partial charge is 0.379 e. The molecule has 1 amide bonds. The Morgan fingerprint density at radius 2 is 0.922 bits per heavy atom. The maximum absolute atomic E-state index is 12.7. The van der Waals surface area contributed by atoms with E-state index in [4.69, 9.17) is 14.2 Å². The summed E-state index contributed by atoms with van der Waals surface area (Å²) in [6, 6.07) is 0. The Hall–Kier alpha value is -0.650. The second-order valence-corrected chi connectivity index (χ2v) is 16.9. The Balaban J connectivity index is 4.17. The zero-order chi connectivity index (χ0) is 37.5. The first-order valence-corrected chi connectivity index (χ1v) is 22.9. The summed E-state index contributed by atoms with van der Waals surface area (Å²) in [5.74, 6) is 0.659. The molecule has 306 valence electrons. The van der Waals surface area contributed by atoms with E-state index in [0.29, 0.717) is 32.1 Å². The van der Waals surface area contributed by atoms with Crippen molar-refractivity contribution in [1.29, 1.82) is 0 Å². The monoisotopic (exact) mass is 724 g/mol. The van der Waals surface area contributed by atoms with Gasteiger partial charge in [0.25, 0.3) is 0 Å². The number of rotatable bonds is 42. The zero-order valence-corrected chi connectivity index (χ0v) is 35.7. The van der Waals surface area contributed by atoms with Gasteiger partial charge >= 0.3 is 0 Å². The molecule has 0 rings (SSSR count). The van der Waals surface area contributed by atoms with Gasteiger partial charge in [0.15, 0.2) is 0 Å². The number of unbranched alkanes of at least 4 members (excludes halogenated alkanes) is 26. The molecule has 51 heavy (non-hydrogen) atoms. The normalized spacial score (nSPS) is 12.6. The van der Waals surface area contributed by atoms with Crippen LogP contribution in [0.3, 0.4) is 0 Å². The maximum Gasteiger partial charge on any atom is 0.222 e. The number of ether oxygens (including phenoxy) is 3. The molecule has 0 aromatic heterocycles. The number of hydrogen-bond acceptors (Lipinski definition) is 4. The first kappa shape index (κ1) is 50.4. The maximum atomic E-state index is 12.7. The number of amides is 1. The van der Waals surface area contributed by atoms with Gasteiger partial charge in [0.2, 0.25) is 5.91 Å².